The number of hydrogen-bond donors (Lipinski definition) is 1. The lowest BCUT2D eigenvalue weighted by Gasteiger charge is -2.40. The maximum absolute atomic E-state index is 5.64. The van der Waals surface area contributed by atoms with E-state index in [2.05, 4.69) is 36.0 Å². The highest BCUT2D eigenvalue weighted by Crippen LogP contribution is 2.17. The molecule has 2 aliphatic heterocycles. The predicted octanol–water partition coefficient (Wildman–Crippen LogP) is 0.637. The van der Waals surface area contributed by atoms with Crippen molar-refractivity contribution in [2.24, 2.45) is 5.92 Å². The van der Waals surface area contributed by atoms with Gasteiger partial charge < -0.3 is 15.0 Å². The van der Waals surface area contributed by atoms with E-state index in [-0.39, 0.29) is 0 Å². The van der Waals surface area contributed by atoms with Crippen LogP contribution < -0.4 is 5.32 Å². The summed E-state index contributed by atoms with van der Waals surface area (Å²) in [7, 11) is 2.08. The van der Waals surface area contributed by atoms with Crippen LogP contribution in [0.5, 0.6) is 0 Å². The largest absolute Gasteiger partial charge is 0.381 e. The second kappa shape index (κ2) is 6.85. The normalized spacial score (nSPS) is 32.0. The molecule has 0 saturated carbocycles. The van der Waals surface area contributed by atoms with Crippen LogP contribution >= 0.6 is 0 Å². The Kier molecular flexibility index (Phi) is 5.42. The number of rotatable bonds is 4. The summed E-state index contributed by atoms with van der Waals surface area (Å²) < 4.78 is 5.64. The Morgan fingerprint density at radius 3 is 2.56 bits per heavy atom. The summed E-state index contributed by atoms with van der Waals surface area (Å²) in [5.74, 6) is 0.661. The lowest BCUT2D eigenvalue weighted by molar-refractivity contribution is 0.00833. The fourth-order valence-electron chi connectivity index (χ4n) is 3.15. The molecule has 0 spiro atoms. The summed E-state index contributed by atoms with van der Waals surface area (Å²) >= 11 is 0. The first-order valence-electron chi connectivity index (χ1n) is 7.42. The molecule has 0 aliphatic carbocycles. The van der Waals surface area contributed by atoms with Gasteiger partial charge in [-0.25, -0.2) is 0 Å². The number of hydrogen-bond acceptors (Lipinski definition) is 4. The molecule has 2 heterocycles. The third-order valence-electron chi connectivity index (χ3n) is 4.47. The van der Waals surface area contributed by atoms with Crippen molar-refractivity contribution in [3.8, 4) is 0 Å². The third kappa shape index (κ3) is 3.67. The summed E-state index contributed by atoms with van der Waals surface area (Å²) in [6.07, 6.45) is 1.16. The second-order valence-electron chi connectivity index (χ2n) is 5.95. The molecule has 0 radical (unpaired) electrons. The van der Waals surface area contributed by atoms with E-state index in [1.165, 1.54) is 32.7 Å². The lowest BCUT2D eigenvalue weighted by Crippen LogP contribution is -2.53. The molecular weight excluding hydrogens is 226 g/mol. The fraction of sp³-hybridized carbons (Fsp3) is 1.00. The van der Waals surface area contributed by atoms with E-state index in [9.17, 15) is 0 Å². The van der Waals surface area contributed by atoms with Gasteiger partial charge in [-0.15, -0.1) is 0 Å². The molecule has 2 atom stereocenters. The Balaban J connectivity index is 1.76. The van der Waals surface area contributed by atoms with Crippen molar-refractivity contribution in [2.45, 2.75) is 32.4 Å². The van der Waals surface area contributed by atoms with Crippen LogP contribution in [0.2, 0.25) is 0 Å². The Bertz CT molecular complexity index is 239. The molecule has 0 bridgehead atoms. The van der Waals surface area contributed by atoms with Crippen LogP contribution in [0.15, 0.2) is 0 Å². The molecule has 0 amide bonds. The topological polar surface area (TPSA) is 27.7 Å². The Morgan fingerprint density at radius 1 is 1.22 bits per heavy atom. The van der Waals surface area contributed by atoms with Crippen molar-refractivity contribution in [1.82, 2.24) is 15.1 Å². The molecule has 2 fully saturated rings. The van der Waals surface area contributed by atoms with E-state index in [1.54, 1.807) is 0 Å². The molecule has 106 valence electrons. The maximum Gasteiger partial charge on any atom is 0.0521 e. The van der Waals surface area contributed by atoms with E-state index in [0.29, 0.717) is 18.0 Å². The van der Waals surface area contributed by atoms with Crippen LogP contribution in [0.25, 0.3) is 0 Å². The molecule has 2 unspecified atom stereocenters. The van der Waals surface area contributed by atoms with Gasteiger partial charge >= 0.3 is 0 Å². The minimum Gasteiger partial charge on any atom is -0.381 e. The van der Waals surface area contributed by atoms with Crippen molar-refractivity contribution in [1.29, 1.82) is 0 Å². The van der Waals surface area contributed by atoms with Gasteiger partial charge in [-0.2, -0.15) is 0 Å². The van der Waals surface area contributed by atoms with E-state index < -0.39 is 0 Å². The van der Waals surface area contributed by atoms with Crippen molar-refractivity contribution >= 4 is 0 Å². The quantitative estimate of drug-likeness (QED) is 0.798. The van der Waals surface area contributed by atoms with E-state index >= 15 is 0 Å². The zero-order chi connectivity index (χ0) is 13.0. The average molecular weight is 255 g/mol. The molecule has 0 aromatic rings. The zero-order valence-electron chi connectivity index (χ0n) is 12.2. The Morgan fingerprint density at radius 2 is 1.94 bits per heavy atom. The average Bonchev–Trinajstić information content (AvgIpc) is 2.40. The van der Waals surface area contributed by atoms with Crippen molar-refractivity contribution < 1.29 is 4.74 Å². The molecule has 2 aliphatic rings. The molecule has 4 heteroatoms. The highest BCUT2D eigenvalue weighted by molar-refractivity contribution is 4.83. The number of ether oxygens (including phenoxy) is 1. The van der Waals surface area contributed by atoms with Crippen LogP contribution in [0.1, 0.15) is 20.3 Å². The molecule has 2 rings (SSSR count). The van der Waals surface area contributed by atoms with Gasteiger partial charge in [0.05, 0.1) is 6.61 Å². The predicted molar refractivity (Wildman–Crippen MR) is 74.9 cm³/mol. The highest BCUT2D eigenvalue weighted by atomic mass is 16.5. The van der Waals surface area contributed by atoms with Gasteiger partial charge in [-0.1, -0.05) is 0 Å². The number of piperazine rings is 1. The number of nitrogens with one attached hydrogen (secondary N) is 1. The Labute approximate surface area is 112 Å². The van der Waals surface area contributed by atoms with Crippen LogP contribution in [-0.4, -0.2) is 74.9 Å². The van der Waals surface area contributed by atoms with Gasteiger partial charge in [0.25, 0.3) is 0 Å². The van der Waals surface area contributed by atoms with Crippen molar-refractivity contribution in [2.75, 3.05) is 53.0 Å². The fourth-order valence-corrected chi connectivity index (χ4v) is 3.15. The summed E-state index contributed by atoms with van der Waals surface area (Å²) in [4.78, 5) is 5.19. The molecule has 18 heavy (non-hydrogen) atoms. The van der Waals surface area contributed by atoms with Gasteiger partial charge in [-0.3, -0.25) is 4.90 Å². The molecule has 0 aromatic carbocycles. The first-order chi connectivity index (χ1) is 8.70. The molecule has 2 saturated heterocycles. The third-order valence-corrected chi connectivity index (χ3v) is 4.47. The van der Waals surface area contributed by atoms with Crippen LogP contribution in [-0.2, 0) is 4.74 Å². The number of nitrogens with zero attached hydrogens (tertiary/aromatic N) is 2. The first-order valence-corrected chi connectivity index (χ1v) is 7.42. The van der Waals surface area contributed by atoms with Crippen molar-refractivity contribution in [3.05, 3.63) is 0 Å². The SMILES string of the molecule is CNC1CCOCC1CN1CCN(C(C)C)CC1. The summed E-state index contributed by atoms with van der Waals surface area (Å²) in [5, 5.41) is 3.45. The standard InChI is InChI=1S/C14H29N3O/c1-12(2)17-7-5-16(6-8-17)10-13-11-18-9-4-14(13)15-3/h12-15H,4-11H2,1-3H3. The smallest absolute Gasteiger partial charge is 0.0521 e. The monoisotopic (exact) mass is 255 g/mol. The van der Waals surface area contributed by atoms with Gasteiger partial charge in [0, 0.05) is 57.3 Å². The van der Waals surface area contributed by atoms with Crippen molar-refractivity contribution in [3.63, 3.8) is 0 Å². The van der Waals surface area contributed by atoms with E-state index in [1.807, 2.05) is 0 Å². The highest BCUT2D eigenvalue weighted by Gasteiger charge is 2.28. The van der Waals surface area contributed by atoms with E-state index in [4.69, 9.17) is 4.74 Å². The lowest BCUT2D eigenvalue weighted by atomic mass is 9.95. The van der Waals surface area contributed by atoms with Gasteiger partial charge in [0.2, 0.25) is 0 Å². The second-order valence-corrected chi connectivity index (χ2v) is 5.95. The summed E-state index contributed by atoms with van der Waals surface area (Å²) in [6, 6.07) is 1.33. The molecule has 0 aromatic heterocycles. The summed E-state index contributed by atoms with van der Waals surface area (Å²) in [5.41, 5.74) is 0. The van der Waals surface area contributed by atoms with Gasteiger partial charge in [0.1, 0.15) is 0 Å². The Hall–Kier alpha value is -0.160. The molecular formula is C14H29N3O. The minimum absolute atomic E-state index is 0.641. The van der Waals surface area contributed by atoms with Gasteiger partial charge in [-0.05, 0) is 27.3 Å². The molecule has 4 nitrogen and oxygen atoms in total. The molecule has 1 N–H and O–H groups in total. The first kappa shape index (κ1) is 14.3. The minimum atomic E-state index is 0.641. The van der Waals surface area contributed by atoms with Gasteiger partial charge in [0.15, 0.2) is 0 Å². The van der Waals surface area contributed by atoms with Crippen LogP contribution in [0, 0.1) is 5.92 Å². The van der Waals surface area contributed by atoms with Crippen LogP contribution in [0.4, 0.5) is 0 Å². The van der Waals surface area contributed by atoms with E-state index in [0.717, 1.165) is 19.6 Å². The summed E-state index contributed by atoms with van der Waals surface area (Å²) in [6.45, 7) is 12.5. The maximum atomic E-state index is 5.64. The van der Waals surface area contributed by atoms with Crippen LogP contribution in [0.3, 0.4) is 0 Å². The zero-order valence-corrected chi connectivity index (χ0v) is 12.2.